The number of rotatable bonds is 2. The van der Waals surface area contributed by atoms with Crippen LogP contribution in [0, 0.1) is 11.8 Å². The van der Waals surface area contributed by atoms with Gasteiger partial charge in [0, 0.05) is 11.5 Å². The molecule has 1 aliphatic rings. The van der Waals surface area contributed by atoms with E-state index in [9.17, 15) is 9.59 Å². The van der Waals surface area contributed by atoms with Crippen molar-refractivity contribution in [3.8, 4) is 0 Å². The van der Waals surface area contributed by atoms with Gasteiger partial charge in [-0.1, -0.05) is 21.6 Å². The minimum absolute atomic E-state index is 0.381. The van der Waals surface area contributed by atoms with Crippen LogP contribution < -0.4 is 11.5 Å². The molecule has 1 saturated heterocycles. The maximum Gasteiger partial charge on any atom is 0.222 e. The van der Waals surface area contributed by atoms with Gasteiger partial charge in [-0.05, 0) is 0 Å². The average Bonchev–Trinajstić information content (AvgIpc) is 2.04. The first-order chi connectivity index (χ1) is 5.63. The van der Waals surface area contributed by atoms with Crippen molar-refractivity contribution in [2.75, 3.05) is 11.5 Å². The van der Waals surface area contributed by atoms with Gasteiger partial charge in [0.25, 0.3) is 0 Å². The van der Waals surface area contributed by atoms with Crippen LogP contribution in [-0.4, -0.2) is 23.3 Å². The number of amides is 2. The molecule has 0 aliphatic carbocycles. The first kappa shape index (κ1) is 9.73. The molecule has 2 amide bonds. The lowest BCUT2D eigenvalue weighted by molar-refractivity contribution is -0.129. The van der Waals surface area contributed by atoms with Crippen molar-refractivity contribution >= 4 is 33.4 Å². The highest BCUT2D eigenvalue weighted by atomic mass is 33.1. The van der Waals surface area contributed by atoms with Gasteiger partial charge in [0.2, 0.25) is 11.8 Å². The molecule has 1 fully saturated rings. The second-order valence-electron chi connectivity index (χ2n) is 2.59. The maximum atomic E-state index is 10.9. The van der Waals surface area contributed by atoms with Gasteiger partial charge < -0.3 is 11.5 Å². The van der Waals surface area contributed by atoms with Crippen LogP contribution in [0.15, 0.2) is 0 Å². The molecule has 4 N–H and O–H groups in total. The second kappa shape index (κ2) is 4.04. The topological polar surface area (TPSA) is 86.2 Å². The first-order valence-electron chi connectivity index (χ1n) is 3.46. The van der Waals surface area contributed by atoms with Crippen LogP contribution in [0.4, 0.5) is 0 Å². The highest BCUT2D eigenvalue weighted by molar-refractivity contribution is 8.76. The predicted octanol–water partition coefficient (Wildman–Crippen LogP) is -0.416. The third-order valence-corrected chi connectivity index (χ3v) is 4.27. The van der Waals surface area contributed by atoms with Gasteiger partial charge in [0.15, 0.2) is 0 Å². The molecule has 12 heavy (non-hydrogen) atoms. The second-order valence-corrected chi connectivity index (χ2v) is 5.14. The Morgan fingerprint density at radius 2 is 1.33 bits per heavy atom. The zero-order chi connectivity index (χ0) is 9.14. The number of carbonyl (C=O) groups is 2. The largest absolute Gasteiger partial charge is 0.369 e. The smallest absolute Gasteiger partial charge is 0.222 e. The van der Waals surface area contributed by atoms with E-state index in [1.54, 1.807) is 21.6 Å². The Bertz CT molecular complexity index is 188. The van der Waals surface area contributed by atoms with E-state index < -0.39 is 11.8 Å². The first-order valence-corrected chi connectivity index (χ1v) is 5.94. The van der Waals surface area contributed by atoms with Crippen molar-refractivity contribution in [1.29, 1.82) is 0 Å². The summed E-state index contributed by atoms with van der Waals surface area (Å²) in [6.07, 6.45) is 0. The summed E-state index contributed by atoms with van der Waals surface area (Å²) in [6.45, 7) is 0. The Balaban J connectivity index is 2.67. The van der Waals surface area contributed by atoms with E-state index >= 15 is 0 Å². The lowest BCUT2D eigenvalue weighted by Gasteiger charge is -2.25. The molecule has 0 spiro atoms. The lowest BCUT2D eigenvalue weighted by atomic mass is 9.94. The van der Waals surface area contributed by atoms with Crippen LogP contribution in [0.3, 0.4) is 0 Å². The Labute approximate surface area is 78.2 Å². The van der Waals surface area contributed by atoms with E-state index in [2.05, 4.69) is 0 Å². The van der Waals surface area contributed by atoms with Crippen LogP contribution >= 0.6 is 21.6 Å². The number of nitrogens with two attached hydrogens (primary N) is 2. The molecule has 1 rings (SSSR count). The average molecular weight is 206 g/mol. The number of hydrogen-bond donors (Lipinski definition) is 2. The van der Waals surface area contributed by atoms with Gasteiger partial charge in [-0.25, -0.2) is 0 Å². The molecule has 0 saturated carbocycles. The van der Waals surface area contributed by atoms with Gasteiger partial charge in [-0.15, -0.1) is 0 Å². The summed E-state index contributed by atoms with van der Waals surface area (Å²) in [4.78, 5) is 21.7. The van der Waals surface area contributed by atoms with Crippen molar-refractivity contribution in [2.24, 2.45) is 23.3 Å². The molecule has 0 bridgehead atoms. The zero-order valence-electron chi connectivity index (χ0n) is 6.36. The van der Waals surface area contributed by atoms with Gasteiger partial charge in [-0.2, -0.15) is 0 Å². The Kier molecular flexibility index (Phi) is 3.28. The van der Waals surface area contributed by atoms with Crippen molar-refractivity contribution in [2.45, 2.75) is 0 Å². The van der Waals surface area contributed by atoms with Crippen molar-refractivity contribution < 1.29 is 9.59 Å². The van der Waals surface area contributed by atoms with Crippen LogP contribution in [0.5, 0.6) is 0 Å². The molecule has 2 unspecified atom stereocenters. The van der Waals surface area contributed by atoms with E-state index in [1.165, 1.54) is 0 Å². The molecular weight excluding hydrogens is 196 g/mol. The quantitative estimate of drug-likeness (QED) is 0.601. The SMILES string of the molecule is NC(=O)C1CSSCC1C(N)=O. The summed E-state index contributed by atoms with van der Waals surface area (Å²) >= 11 is 0. The Morgan fingerprint density at radius 3 is 1.58 bits per heavy atom. The summed E-state index contributed by atoms with van der Waals surface area (Å²) < 4.78 is 0. The summed E-state index contributed by atoms with van der Waals surface area (Å²) in [5.41, 5.74) is 10.3. The normalized spacial score (nSPS) is 29.7. The molecule has 1 heterocycles. The van der Waals surface area contributed by atoms with E-state index in [0.29, 0.717) is 11.5 Å². The van der Waals surface area contributed by atoms with Crippen LogP contribution in [-0.2, 0) is 9.59 Å². The maximum absolute atomic E-state index is 10.9. The van der Waals surface area contributed by atoms with Crippen molar-refractivity contribution in [3.63, 3.8) is 0 Å². The molecule has 0 aromatic carbocycles. The molecular formula is C6H10N2O2S2. The highest BCUT2D eigenvalue weighted by Gasteiger charge is 2.33. The molecule has 68 valence electrons. The highest BCUT2D eigenvalue weighted by Crippen LogP contribution is 2.36. The lowest BCUT2D eigenvalue weighted by Crippen LogP contribution is -2.41. The third-order valence-electron chi connectivity index (χ3n) is 1.80. The summed E-state index contributed by atoms with van der Waals surface area (Å²) in [6, 6.07) is 0. The number of carbonyl (C=O) groups excluding carboxylic acids is 2. The van der Waals surface area contributed by atoms with E-state index in [1.807, 2.05) is 0 Å². The Hall–Kier alpha value is -0.360. The third kappa shape index (κ3) is 2.07. The standard InChI is InChI=1S/C6H10N2O2S2/c7-5(9)3-1-11-12-2-4(3)6(8)10/h3-4H,1-2H2,(H2,7,9)(H2,8,10). The van der Waals surface area contributed by atoms with Crippen LogP contribution in [0.25, 0.3) is 0 Å². The fourth-order valence-corrected chi connectivity index (χ4v) is 3.77. The molecule has 2 atom stereocenters. The van der Waals surface area contributed by atoms with Gasteiger partial charge in [0.1, 0.15) is 0 Å². The molecule has 0 aromatic heterocycles. The number of primary amides is 2. The van der Waals surface area contributed by atoms with E-state index in [-0.39, 0.29) is 11.8 Å². The summed E-state index contributed by atoms with van der Waals surface area (Å²) in [5, 5.41) is 0. The van der Waals surface area contributed by atoms with E-state index in [4.69, 9.17) is 11.5 Å². The Morgan fingerprint density at radius 1 is 1.00 bits per heavy atom. The van der Waals surface area contributed by atoms with Gasteiger partial charge in [-0.3, -0.25) is 9.59 Å². The monoisotopic (exact) mass is 206 g/mol. The van der Waals surface area contributed by atoms with E-state index in [0.717, 1.165) is 0 Å². The van der Waals surface area contributed by atoms with Crippen LogP contribution in [0.2, 0.25) is 0 Å². The molecule has 6 heteroatoms. The summed E-state index contributed by atoms with van der Waals surface area (Å²) in [7, 11) is 3.12. The molecule has 4 nitrogen and oxygen atoms in total. The fraction of sp³-hybridized carbons (Fsp3) is 0.667. The van der Waals surface area contributed by atoms with Gasteiger partial charge in [0.05, 0.1) is 11.8 Å². The molecule has 1 aliphatic heterocycles. The minimum Gasteiger partial charge on any atom is -0.369 e. The molecule has 0 radical (unpaired) electrons. The summed E-state index contributed by atoms with van der Waals surface area (Å²) in [5.74, 6) is -0.429. The number of hydrogen-bond acceptors (Lipinski definition) is 4. The fourth-order valence-electron chi connectivity index (χ4n) is 1.04. The zero-order valence-corrected chi connectivity index (χ0v) is 7.99. The van der Waals surface area contributed by atoms with Gasteiger partial charge >= 0.3 is 0 Å². The van der Waals surface area contributed by atoms with Crippen molar-refractivity contribution in [3.05, 3.63) is 0 Å². The van der Waals surface area contributed by atoms with Crippen LogP contribution in [0.1, 0.15) is 0 Å². The minimum atomic E-state index is -0.424. The predicted molar refractivity (Wildman–Crippen MR) is 50.3 cm³/mol. The van der Waals surface area contributed by atoms with Crippen molar-refractivity contribution in [1.82, 2.24) is 0 Å². The molecule has 0 aromatic rings.